The number of rotatable bonds is 8. The van der Waals surface area contributed by atoms with Crippen molar-refractivity contribution >= 4 is 17.5 Å². The quantitative estimate of drug-likeness (QED) is 0.644. The molecule has 112 valence electrons. The fourth-order valence-electron chi connectivity index (χ4n) is 1.65. The molecular formula is C15H23ClN2O2. The maximum absolute atomic E-state index is 11.5. The van der Waals surface area contributed by atoms with Gasteiger partial charge in [0.2, 0.25) is 5.91 Å². The Labute approximate surface area is 125 Å². The van der Waals surface area contributed by atoms with Crippen molar-refractivity contribution in [1.82, 2.24) is 10.6 Å². The smallest absolute Gasteiger partial charge is 0.221 e. The van der Waals surface area contributed by atoms with Crippen molar-refractivity contribution in [3.63, 3.8) is 0 Å². The molecule has 0 bridgehead atoms. The molecule has 0 aromatic heterocycles. The van der Waals surface area contributed by atoms with E-state index >= 15 is 0 Å². The number of nitrogens with one attached hydrogen (secondary N) is 2. The molecule has 0 saturated carbocycles. The Bertz CT molecular complexity index is 407. The minimum atomic E-state index is -0.592. The van der Waals surface area contributed by atoms with Crippen molar-refractivity contribution in [3.8, 4) is 0 Å². The van der Waals surface area contributed by atoms with Gasteiger partial charge in [0.1, 0.15) is 0 Å². The van der Waals surface area contributed by atoms with Gasteiger partial charge in [-0.3, -0.25) is 4.79 Å². The lowest BCUT2D eigenvalue weighted by Gasteiger charge is -2.12. The molecule has 0 saturated heterocycles. The molecule has 0 radical (unpaired) electrons. The molecule has 20 heavy (non-hydrogen) atoms. The number of benzene rings is 1. The van der Waals surface area contributed by atoms with E-state index in [9.17, 15) is 9.90 Å². The largest absolute Gasteiger partial charge is 0.387 e. The number of hydrogen-bond donors (Lipinski definition) is 3. The van der Waals surface area contributed by atoms with Crippen molar-refractivity contribution in [1.29, 1.82) is 0 Å². The van der Waals surface area contributed by atoms with Gasteiger partial charge in [-0.1, -0.05) is 37.6 Å². The molecule has 4 nitrogen and oxygen atoms in total. The molecule has 5 heteroatoms. The Hall–Kier alpha value is -1.10. The van der Waals surface area contributed by atoms with Crippen LogP contribution in [0.2, 0.25) is 5.02 Å². The van der Waals surface area contributed by atoms with E-state index in [0.29, 0.717) is 37.0 Å². The highest BCUT2D eigenvalue weighted by Crippen LogP contribution is 2.15. The predicted molar refractivity (Wildman–Crippen MR) is 81.7 cm³/mol. The summed E-state index contributed by atoms with van der Waals surface area (Å²) in [4.78, 5) is 11.5. The highest BCUT2D eigenvalue weighted by molar-refractivity contribution is 6.30. The highest BCUT2D eigenvalue weighted by atomic mass is 35.5. The van der Waals surface area contributed by atoms with Gasteiger partial charge in [0.15, 0.2) is 0 Å². The molecule has 1 atom stereocenters. The fourth-order valence-corrected chi connectivity index (χ4v) is 1.78. The Morgan fingerprint density at radius 2 is 1.90 bits per heavy atom. The van der Waals surface area contributed by atoms with Gasteiger partial charge in [0.05, 0.1) is 6.10 Å². The molecule has 1 unspecified atom stereocenters. The number of amides is 1. The minimum Gasteiger partial charge on any atom is -0.387 e. The van der Waals surface area contributed by atoms with Gasteiger partial charge >= 0.3 is 0 Å². The Morgan fingerprint density at radius 1 is 1.25 bits per heavy atom. The first-order valence-corrected chi connectivity index (χ1v) is 7.27. The molecule has 0 fully saturated rings. The monoisotopic (exact) mass is 298 g/mol. The van der Waals surface area contributed by atoms with Gasteiger partial charge < -0.3 is 15.7 Å². The van der Waals surface area contributed by atoms with Crippen LogP contribution in [-0.4, -0.2) is 30.6 Å². The van der Waals surface area contributed by atoms with Gasteiger partial charge in [0.25, 0.3) is 0 Å². The summed E-state index contributed by atoms with van der Waals surface area (Å²) >= 11 is 5.79. The summed E-state index contributed by atoms with van der Waals surface area (Å²) < 4.78 is 0. The average Bonchev–Trinajstić information content (AvgIpc) is 2.42. The third kappa shape index (κ3) is 6.89. The van der Waals surface area contributed by atoms with Crippen LogP contribution in [0.3, 0.4) is 0 Å². The van der Waals surface area contributed by atoms with Crippen LogP contribution in [-0.2, 0) is 4.79 Å². The van der Waals surface area contributed by atoms with E-state index in [0.717, 1.165) is 5.56 Å². The molecule has 1 aromatic carbocycles. The van der Waals surface area contributed by atoms with Crippen molar-refractivity contribution in [3.05, 3.63) is 34.9 Å². The molecule has 1 aromatic rings. The van der Waals surface area contributed by atoms with E-state index in [-0.39, 0.29) is 5.91 Å². The third-order valence-corrected chi connectivity index (χ3v) is 3.08. The summed E-state index contributed by atoms with van der Waals surface area (Å²) in [6.07, 6.45) is -0.175. The number of carbonyl (C=O) groups is 1. The predicted octanol–water partition coefficient (Wildman–Crippen LogP) is 2.13. The normalized spacial score (nSPS) is 12.4. The number of aliphatic hydroxyl groups excluding tert-OH is 1. The number of carbonyl (C=O) groups excluding carboxylic acids is 1. The van der Waals surface area contributed by atoms with Crippen LogP contribution in [0.15, 0.2) is 24.3 Å². The molecule has 1 amide bonds. The van der Waals surface area contributed by atoms with Crippen molar-refractivity contribution in [2.24, 2.45) is 5.92 Å². The van der Waals surface area contributed by atoms with E-state index in [4.69, 9.17) is 11.6 Å². The van der Waals surface area contributed by atoms with E-state index in [1.807, 2.05) is 0 Å². The SMILES string of the molecule is CC(C)CNC(=O)CCNCC(O)c1ccc(Cl)cc1. The molecular weight excluding hydrogens is 276 g/mol. The fraction of sp³-hybridized carbons (Fsp3) is 0.533. The van der Waals surface area contributed by atoms with Gasteiger partial charge in [-0.15, -0.1) is 0 Å². The summed E-state index contributed by atoms with van der Waals surface area (Å²) in [6.45, 7) is 5.78. The van der Waals surface area contributed by atoms with Crippen molar-refractivity contribution < 1.29 is 9.90 Å². The Morgan fingerprint density at radius 3 is 2.50 bits per heavy atom. The second kappa shape index (κ2) is 8.95. The van der Waals surface area contributed by atoms with Crippen LogP contribution in [0, 0.1) is 5.92 Å². The van der Waals surface area contributed by atoms with Crippen LogP contribution < -0.4 is 10.6 Å². The molecule has 0 aliphatic carbocycles. The maximum atomic E-state index is 11.5. The van der Waals surface area contributed by atoms with Crippen LogP contribution in [0.5, 0.6) is 0 Å². The summed E-state index contributed by atoms with van der Waals surface area (Å²) in [6, 6.07) is 7.09. The summed E-state index contributed by atoms with van der Waals surface area (Å²) in [5.74, 6) is 0.491. The maximum Gasteiger partial charge on any atom is 0.221 e. The first-order valence-electron chi connectivity index (χ1n) is 6.90. The highest BCUT2D eigenvalue weighted by Gasteiger charge is 2.07. The number of halogens is 1. The molecule has 0 aliphatic heterocycles. The standard InChI is InChI=1S/C15H23ClN2O2/c1-11(2)9-18-15(20)7-8-17-10-14(19)12-3-5-13(16)6-4-12/h3-6,11,14,17,19H,7-10H2,1-2H3,(H,18,20). The minimum absolute atomic E-state index is 0.0344. The zero-order valence-corrected chi connectivity index (χ0v) is 12.8. The zero-order valence-electron chi connectivity index (χ0n) is 12.0. The molecule has 0 aliphatic rings. The summed E-state index contributed by atoms with van der Waals surface area (Å²) in [5.41, 5.74) is 0.811. The second-order valence-electron chi connectivity index (χ2n) is 5.22. The summed E-state index contributed by atoms with van der Waals surface area (Å²) in [5, 5.41) is 16.5. The van der Waals surface area contributed by atoms with Crippen molar-refractivity contribution in [2.75, 3.05) is 19.6 Å². The second-order valence-corrected chi connectivity index (χ2v) is 5.66. The first kappa shape index (κ1) is 17.0. The Balaban J connectivity index is 2.17. The van der Waals surface area contributed by atoms with E-state index in [2.05, 4.69) is 24.5 Å². The average molecular weight is 299 g/mol. The number of aliphatic hydroxyl groups is 1. The van der Waals surface area contributed by atoms with Crippen LogP contribution >= 0.6 is 11.6 Å². The molecule has 3 N–H and O–H groups in total. The third-order valence-electron chi connectivity index (χ3n) is 2.83. The van der Waals surface area contributed by atoms with Crippen LogP contribution in [0.4, 0.5) is 0 Å². The lowest BCUT2D eigenvalue weighted by molar-refractivity contribution is -0.121. The topological polar surface area (TPSA) is 61.4 Å². The van der Waals surface area contributed by atoms with Gasteiger partial charge in [-0.05, 0) is 23.6 Å². The first-order chi connectivity index (χ1) is 9.49. The zero-order chi connectivity index (χ0) is 15.0. The van der Waals surface area contributed by atoms with Gasteiger partial charge in [-0.25, -0.2) is 0 Å². The van der Waals surface area contributed by atoms with Crippen LogP contribution in [0.1, 0.15) is 31.9 Å². The van der Waals surface area contributed by atoms with Gasteiger partial charge in [-0.2, -0.15) is 0 Å². The van der Waals surface area contributed by atoms with E-state index in [1.54, 1.807) is 24.3 Å². The molecule has 1 rings (SSSR count). The Kier molecular flexibility index (Phi) is 7.59. The lowest BCUT2D eigenvalue weighted by atomic mass is 10.1. The van der Waals surface area contributed by atoms with E-state index in [1.165, 1.54) is 0 Å². The van der Waals surface area contributed by atoms with Gasteiger partial charge in [0, 0.05) is 31.1 Å². The molecule has 0 spiro atoms. The number of hydrogen-bond acceptors (Lipinski definition) is 3. The summed E-state index contributed by atoms with van der Waals surface area (Å²) in [7, 11) is 0. The van der Waals surface area contributed by atoms with Crippen molar-refractivity contribution in [2.45, 2.75) is 26.4 Å². The van der Waals surface area contributed by atoms with E-state index < -0.39 is 6.10 Å². The van der Waals surface area contributed by atoms with Crippen LogP contribution in [0.25, 0.3) is 0 Å². The molecule has 0 heterocycles. The lowest BCUT2D eigenvalue weighted by Crippen LogP contribution is -2.31.